The summed E-state index contributed by atoms with van der Waals surface area (Å²) in [7, 11) is 0. The van der Waals surface area contributed by atoms with Crippen molar-refractivity contribution in [1.82, 2.24) is 0 Å². The summed E-state index contributed by atoms with van der Waals surface area (Å²) in [6.45, 7) is 0. The summed E-state index contributed by atoms with van der Waals surface area (Å²) in [5.41, 5.74) is 2.52. The summed E-state index contributed by atoms with van der Waals surface area (Å²) in [6.07, 6.45) is 0.221. The van der Waals surface area contributed by atoms with Crippen LogP contribution in [0.2, 0.25) is 0 Å². The number of carbonyl (C=O) groups is 2. The van der Waals surface area contributed by atoms with Crippen molar-refractivity contribution in [2.75, 3.05) is 0 Å². The Kier molecular flexibility index (Phi) is 8.62. The molecule has 5 rings (SSSR count). The van der Waals surface area contributed by atoms with Gasteiger partial charge in [0.1, 0.15) is 0 Å². The Balaban J connectivity index is 1.74. The first-order valence-electron chi connectivity index (χ1n) is 13.9. The lowest BCUT2D eigenvalue weighted by molar-refractivity contribution is 0.0945. The van der Waals surface area contributed by atoms with E-state index >= 15 is 0 Å². The summed E-state index contributed by atoms with van der Waals surface area (Å²) in [5.74, 6) is -1.15. The molecular weight excluding hydrogens is 502 g/mol. The van der Waals surface area contributed by atoms with Crippen LogP contribution in [0.1, 0.15) is 62.1 Å². The van der Waals surface area contributed by atoms with E-state index in [1.54, 1.807) is 0 Å². The molecular formula is C38H31NO2. The molecule has 3 nitrogen and oxygen atoms in total. The number of nitrogens with zero attached hydrogens (tertiary/aromatic N) is 1. The predicted molar refractivity (Wildman–Crippen MR) is 163 cm³/mol. The molecule has 0 aliphatic heterocycles. The smallest absolute Gasteiger partial charge is 0.163 e. The quantitative estimate of drug-likeness (QED) is 0.160. The van der Waals surface area contributed by atoms with Gasteiger partial charge in [0, 0.05) is 35.8 Å². The number of hydrogen-bond donors (Lipinski definition) is 0. The number of benzene rings is 5. The zero-order chi connectivity index (χ0) is 28.5. The van der Waals surface area contributed by atoms with Gasteiger partial charge in [-0.3, -0.25) is 9.59 Å². The number of nitriles is 1. The molecule has 0 radical (unpaired) electrons. The monoisotopic (exact) mass is 533 g/mol. The average molecular weight is 534 g/mol. The zero-order valence-corrected chi connectivity index (χ0v) is 22.8. The lowest BCUT2D eigenvalue weighted by Gasteiger charge is -2.42. The van der Waals surface area contributed by atoms with Crippen molar-refractivity contribution in [1.29, 1.82) is 5.26 Å². The highest BCUT2D eigenvalue weighted by Gasteiger charge is 2.50. The second-order valence-electron chi connectivity index (χ2n) is 10.3. The minimum absolute atomic E-state index is 0.0452. The van der Waals surface area contributed by atoms with Crippen molar-refractivity contribution in [3.63, 3.8) is 0 Å². The number of hydrogen-bond acceptors (Lipinski definition) is 3. The van der Waals surface area contributed by atoms with E-state index in [2.05, 4.69) is 6.07 Å². The molecule has 5 aromatic rings. The fourth-order valence-corrected chi connectivity index (χ4v) is 5.89. The summed E-state index contributed by atoms with van der Waals surface area (Å²) in [5, 5.41) is 11.4. The van der Waals surface area contributed by atoms with Crippen molar-refractivity contribution >= 4 is 11.6 Å². The third kappa shape index (κ3) is 5.93. The molecule has 0 saturated carbocycles. The van der Waals surface area contributed by atoms with Crippen molar-refractivity contribution in [3.8, 4) is 6.07 Å². The largest absolute Gasteiger partial charge is 0.294 e. The van der Waals surface area contributed by atoms with E-state index in [0.717, 1.165) is 16.7 Å². The van der Waals surface area contributed by atoms with E-state index in [4.69, 9.17) is 0 Å². The summed E-state index contributed by atoms with van der Waals surface area (Å²) in [4.78, 5) is 27.7. The van der Waals surface area contributed by atoms with Crippen molar-refractivity contribution in [3.05, 3.63) is 179 Å². The van der Waals surface area contributed by atoms with Crippen LogP contribution >= 0.6 is 0 Å². The van der Waals surface area contributed by atoms with Crippen LogP contribution in [0, 0.1) is 11.3 Å². The molecule has 0 fully saturated rings. The van der Waals surface area contributed by atoms with Gasteiger partial charge < -0.3 is 0 Å². The van der Waals surface area contributed by atoms with Gasteiger partial charge in [-0.2, -0.15) is 5.26 Å². The average Bonchev–Trinajstić information content (AvgIpc) is 3.06. The minimum Gasteiger partial charge on any atom is -0.294 e. The van der Waals surface area contributed by atoms with Gasteiger partial charge >= 0.3 is 0 Å². The lowest BCUT2D eigenvalue weighted by atomic mass is 9.57. The van der Waals surface area contributed by atoms with Gasteiger partial charge in [-0.25, -0.2) is 0 Å². The van der Waals surface area contributed by atoms with Crippen LogP contribution in [-0.4, -0.2) is 11.6 Å². The van der Waals surface area contributed by atoms with Crippen molar-refractivity contribution in [2.45, 2.75) is 30.1 Å². The number of rotatable bonds is 11. The van der Waals surface area contributed by atoms with Crippen LogP contribution in [0.4, 0.5) is 0 Å². The maximum atomic E-state index is 13.8. The molecule has 41 heavy (non-hydrogen) atoms. The van der Waals surface area contributed by atoms with Crippen molar-refractivity contribution < 1.29 is 9.59 Å². The molecule has 0 unspecified atom stereocenters. The first kappa shape index (κ1) is 27.5. The molecule has 0 aliphatic carbocycles. The molecule has 0 bridgehead atoms. The Morgan fingerprint density at radius 2 is 0.829 bits per heavy atom. The SMILES string of the molecule is N#CC(c1ccccc1)([C@H](CC(=O)c1ccccc1)c1ccccc1)[C@H](CC(=O)c1ccccc1)c1ccccc1. The highest BCUT2D eigenvalue weighted by molar-refractivity contribution is 5.97. The van der Waals surface area contributed by atoms with Crippen LogP contribution in [0.3, 0.4) is 0 Å². The topological polar surface area (TPSA) is 57.9 Å². The fraction of sp³-hybridized carbons (Fsp3) is 0.132. The van der Waals surface area contributed by atoms with E-state index in [1.807, 2.05) is 152 Å². The zero-order valence-electron chi connectivity index (χ0n) is 22.8. The molecule has 0 heterocycles. The Morgan fingerprint density at radius 1 is 0.512 bits per heavy atom. The molecule has 200 valence electrons. The maximum absolute atomic E-state index is 13.8. The Morgan fingerprint density at radius 3 is 1.17 bits per heavy atom. The second kappa shape index (κ2) is 12.9. The molecule has 3 heteroatoms. The van der Waals surface area contributed by atoms with Crippen LogP contribution in [0.5, 0.6) is 0 Å². The Bertz CT molecular complexity index is 1510. The molecule has 5 aromatic carbocycles. The van der Waals surface area contributed by atoms with Gasteiger partial charge in [0.15, 0.2) is 11.6 Å². The van der Waals surface area contributed by atoms with Crippen LogP contribution in [0.15, 0.2) is 152 Å². The normalized spacial score (nSPS) is 12.6. The molecule has 0 spiro atoms. The predicted octanol–water partition coefficient (Wildman–Crippen LogP) is 8.56. The summed E-state index contributed by atoms with van der Waals surface area (Å²) in [6, 6.07) is 50.4. The summed E-state index contributed by atoms with van der Waals surface area (Å²) >= 11 is 0. The first-order valence-corrected chi connectivity index (χ1v) is 13.9. The molecule has 2 atom stereocenters. The molecule has 0 aromatic heterocycles. The standard InChI is InChI=1S/C38H31NO2/c39-28-38(33-24-14-5-15-25-33,34(29-16-6-1-7-17-29)26-36(40)31-20-10-3-11-21-31)35(30-18-8-2-9-19-30)27-37(41)32-22-12-4-13-23-32/h1-25,34-35H,26-27H2/t34-,35-/m1/s1. The maximum Gasteiger partial charge on any atom is 0.163 e. The highest BCUT2D eigenvalue weighted by Crippen LogP contribution is 2.52. The van der Waals surface area contributed by atoms with Gasteiger partial charge in [-0.05, 0) is 16.7 Å². The van der Waals surface area contributed by atoms with Crippen LogP contribution < -0.4 is 0 Å². The van der Waals surface area contributed by atoms with Crippen molar-refractivity contribution in [2.24, 2.45) is 0 Å². The third-order valence-electron chi connectivity index (χ3n) is 7.91. The lowest BCUT2D eigenvalue weighted by Crippen LogP contribution is -2.41. The third-order valence-corrected chi connectivity index (χ3v) is 7.91. The fourth-order valence-electron chi connectivity index (χ4n) is 5.89. The Labute approximate surface area is 241 Å². The highest BCUT2D eigenvalue weighted by atomic mass is 16.1. The van der Waals surface area contributed by atoms with E-state index in [0.29, 0.717) is 11.1 Å². The van der Waals surface area contributed by atoms with Gasteiger partial charge in [0.2, 0.25) is 0 Å². The van der Waals surface area contributed by atoms with Gasteiger partial charge in [-0.15, -0.1) is 0 Å². The van der Waals surface area contributed by atoms with E-state index in [1.165, 1.54) is 0 Å². The first-order chi connectivity index (χ1) is 20.1. The summed E-state index contributed by atoms with van der Waals surface area (Å²) < 4.78 is 0. The van der Waals surface area contributed by atoms with E-state index in [9.17, 15) is 14.9 Å². The van der Waals surface area contributed by atoms with Crippen LogP contribution in [0.25, 0.3) is 0 Å². The van der Waals surface area contributed by atoms with Gasteiger partial charge in [0.05, 0.1) is 11.5 Å². The minimum atomic E-state index is -1.24. The molecule has 0 aliphatic rings. The van der Waals surface area contributed by atoms with Crippen LogP contribution in [-0.2, 0) is 5.41 Å². The van der Waals surface area contributed by atoms with Gasteiger partial charge in [-0.1, -0.05) is 152 Å². The van der Waals surface area contributed by atoms with Gasteiger partial charge in [0.25, 0.3) is 0 Å². The molecule has 0 saturated heterocycles. The van der Waals surface area contributed by atoms with E-state index in [-0.39, 0.29) is 24.4 Å². The second-order valence-corrected chi connectivity index (χ2v) is 10.3. The number of ketones is 2. The number of Topliss-reactive ketones (excluding diaryl/α,β-unsaturated/α-hetero) is 2. The Hall–Kier alpha value is -5.07. The van der Waals surface area contributed by atoms with E-state index < -0.39 is 17.3 Å². The number of carbonyl (C=O) groups excluding carboxylic acids is 2. The molecule has 0 N–H and O–H groups in total. The molecule has 0 amide bonds.